The van der Waals surface area contributed by atoms with Crippen molar-refractivity contribution in [3.63, 3.8) is 0 Å². The Morgan fingerprint density at radius 2 is 1.96 bits per heavy atom. The van der Waals surface area contributed by atoms with Gasteiger partial charge in [0, 0.05) is 33.8 Å². The van der Waals surface area contributed by atoms with Crippen molar-refractivity contribution in [3.05, 3.63) is 39.8 Å². The average Bonchev–Trinajstić information content (AvgIpc) is 3.13. The average molecular weight is 418 g/mol. The summed E-state index contributed by atoms with van der Waals surface area (Å²) in [6.45, 7) is 10.5. The lowest BCUT2D eigenvalue weighted by molar-refractivity contribution is -0.139. The van der Waals surface area contributed by atoms with E-state index in [1.54, 1.807) is 11.3 Å². The number of nitrogens with zero attached hydrogens (tertiary/aromatic N) is 3. The fourth-order valence-corrected chi connectivity index (χ4v) is 5.14. The van der Waals surface area contributed by atoms with Crippen molar-refractivity contribution >= 4 is 45.1 Å². The molecule has 8 heteroatoms. The quantitative estimate of drug-likeness (QED) is 0.247. The number of carbonyl (C=O) groups is 2. The van der Waals surface area contributed by atoms with E-state index in [-0.39, 0.29) is 18.1 Å². The van der Waals surface area contributed by atoms with E-state index >= 15 is 0 Å². The summed E-state index contributed by atoms with van der Waals surface area (Å²) < 4.78 is 7.27. The van der Waals surface area contributed by atoms with Crippen LogP contribution in [0.25, 0.3) is 10.2 Å². The molecule has 3 aromatic rings. The molecule has 0 saturated heterocycles. The molecule has 3 rings (SSSR count). The largest absolute Gasteiger partial charge is 0.457 e. The molecule has 3 heterocycles. The SMILES string of the molecule is CCn1c(C)cc(C(=O)COC(=O)CSc2ncnc3sc(C)c(C)c23)c1C. The van der Waals surface area contributed by atoms with Gasteiger partial charge < -0.3 is 9.30 Å². The predicted octanol–water partition coefficient (Wildman–Crippen LogP) is 4.26. The Balaban J connectivity index is 1.61. The summed E-state index contributed by atoms with van der Waals surface area (Å²) in [5.74, 6) is -0.513. The minimum Gasteiger partial charge on any atom is -0.457 e. The van der Waals surface area contributed by atoms with Crippen LogP contribution in [0.15, 0.2) is 17.4 Å². The summed E-state index contributed by atoms with van der Waals surface area (Å²) in [6, 6.07) is 1.85. The molecule has 0 amide bonds. The monoisotopic (exact) mass is 417 g/mol. The second-order valence-electron chi connectivity index (χ2n) is 6.54. The number of fused-ring (bicyclic) bond motifs is 1. The number of Topliss-reactive ketones (excluding diaryl/α,β-unsaturated/α-hetero) is 1. The zero-order chi connectivity index (χ0) is 20.4. The normalized spacial score (nSPS) is 11.2. The number of aromatic nitrogens is 3. The van der Waals surface area contributed by atoms with Crippen LogP contribution in [-0.2, 0) is 16.1 Å². The Hall–Kier alpha value is -2.19. The molecule has 0 aromatic carbocycles. The lowest BCUT2D eigenvalue weighted by atomic mass is 10.1. The molecule has 0 aliphatic carbocycles. The number of rotatable bonds is 7. The molecule has 28 heavy (non-hydrogen) atoms. The van der Waals surface area contributed by atoms with Crippen molar-refractivity contribution in [2.45, 2.75) is 46.2 Å². The minimum absolute atomic E-state index is 0.0989. The highest BCUT2D eigenvalue weighted by Crippen LogP contribution is 2.34. The van der Waals surface area contributed by atoms with Crippen molar-refractivity contribution < 1.29 is 14.3 Å². The summed E-state index contributed by atoms with van der Waals surface area (Å²) >= 11 is 2.93. The first-order chi connectivity index (χ1) is 13.3. The van der Waals surface area contributed by atoms with Gasteiger partial charge in [0.05, 0.1) is 5.75 Å². The van der Waals surface area contributed by atoms with Crippen LogP contribution >= 0.6 is 23.1 Å². The van der Waals surface area contributed by atoms with Gasteiger partial charge in [0.1, 0.15) is 16.2 Å². The molecular formula is C20H23N3O3S2. The Bertz CT molecular complexity index is 1050. The molecular weight excluding hydrogens is 394 g/mol. The molecule has 0 saturated carbocycles. The van der Waals surface area contributed by atoms with Gasteiger partial charge in [-0.15, -0.1) is 11.3 Å². The standard InChI is InChI=1S/C20H23N3O3S2/c1-6-23-11(2)7-15(13(23)4)16(24)8-26-17(25)9-27-19-18-12(3)14(5)28-20(18)22-10-21-19/h7,10H,6,8-9H2,1-5H3. The number of thiophene rings is 1. The van der Waals surface area contributed by atoms with Gasteiger partial charge in [0.25, 0.3) is 0 Å². The lowest BCUT2D eigenvalue weighted by Crippen LogP contribution is -2.16. The second kappa shape index (κ2) is 8.45. The van der Waals surface area contributed by atoms with Crippen LogP contribution in [0.4, 0.5) is 0 Å². The van der Waals surface area contributed by atoms with Crippen LogP contribution < -0.4 is 0 Å². The van der Waals surface area contributed by atoms with Crippen molar-refractivity contribution in [2.24, 2.45) is 0 Å². The van der Waals surface area contributed by atoms with E-state index in [4.69, 9.17) is 4.74 Å². The van der Waals surface area contributed by atoms with E-state index in [1.165, 1.54) is 23.0 Å². The van der Waals surface area contributed by atoms with E-state index in [9.17, 15) is 9.59 Å². The summed E-state index contributed by atoms with van der Waals surface area (Å²) in [7, 11) is 0. The number of hydrogen-bond donors (Lipinski definition) is 0. The van der Waals surface area contributed by atoms with Crippen molar-refractivity contribution in [3.8, 4) is 0 Å². The maximum absolute atomic E-state index is 12.4. The van der Waals surface area contributed by atoms with Gasteiger partial charge >= 0.3 is 5.97 Å². The number of ether oxygens (including phenoxy) is 1. The van der Waals surface area contributed by atoms with Crippen molar-refractivity contribution in [1.82, 2.24) is 14.5 Å². The second-order valence-corrected chi connectivity index (χ2v) is 8.71. The molecule has 0 bridgehead atoms. The van der Waals surface area contributed by atoms with E-state index in [2.05, 4.69) is 14.5 Å². The highest BCUT2D eigenvalue weighted by Gasteiger charge is 2.18. The topological polar surface area (TPSA) is 74.1 Å². The summed E-state index contributed by atoms with van der Waals surface area (Å²) in [4.78, 5) is 35.3. The van der Waals surface area contributed by atoms with Gasteiger partial charge in [-0.25, -0.2) is 9.97 Å². The van der Waals surface area contributed by atoms with Crippen molar-refractivity contribution in [1.29, 1.82) is 0 Å². The van der Waals surface area contributed by atoms with E-state index in [0.29, 0.717) is 5.56 Å². The summed E-state index contributed by atoms with van der Waals surface area (Å²) in [5, 5.41) is 1.76. The third-order valence-electron chi connectivity index (χ3n) is 4.81. The Labute approximate surface area is 172 Å². The molecule has 3 aromatic heterocycles. The van der Waals surface area contributed by atoms with Crippen LogP contribution in [0.3, 0.4) is 0 Å². The van der Waals surface area contributed by atoms with Gasteiger partial charge in [-0.2, -0.15) is 0 Å². The molecule has 0 fully saturated rings. The molecule has 6 nitrogen and oxygen atoms in total. The molecule has 148 valence electrons. The Morgan fingerprint density at radius 3 is 2.64 bits per heavy atom. The van der Waals surface area contributed by atoms with Crippen LogP contribution in [0.2, 0.25) is 0 Å². The first-order valence-corrected chi connectivity index (χ1v) is 10.8. The number of thioether (sulfide) groups is 1. The maximum Gasteiger partial charge on any atom is 0.316 e. The predicted molar refractivity (Wildman–Crippen MR) is 112 cm³/mol. The molecule has 0 spiro atoms. The van der Waals surface area contributed by atoms with Gasteiger partial charge in [-0.1, -0.05) is 11.8 Å². The third kappa shape index (κ3) is 3.98. The molecule has 0 unspecified atom stereocenters. The fourth-order valence-electron chi connectivity index (χ4n) is 3.22. The minimum atomic E-state index is -0.431. The number of aryl methyl sites for hydroxylation is 3. The zero-order valence-corrected chi connectivity index (χ0v) is 18.3. The van der Waals surface area contributed by atoms with Gasteiger partial charge in [0.15, 0.2) is 6.61 Å². The lowest BCUT2D eigenvalue weighted by Gasteiger charge is -2.07. The number of hydrogen-bond acceptors (Lipinski definition) is 7. The Kier molecular flexibility index (Phi) is 6.20. The number of esters is 1. The highest BCUT2D eigenvalue weighted by molar-refractivity contribution is 8.00. The molecule has 0 radical (unpaired) electrons. The van der Waals surface area contributed by atoms with Gasteiger partial charge in [0.2, 0.25) is 5.78 Å². The molecule has 0 aliphatic heterocycles. The summed E-state index contributed by atoms with van der Waals surface area (Å²) in [6.07, 6.45) is 1.51. The fraction of sp³-hybridized carbons (Fsp3) is 0.400. The maximum atomic E-state index is 12.4. The molecule has 0 N–H and O–H groups in total. The van der Waals surface area contributed by atoms with E-state index < -0.39 is 5.97 Å². The smallest absolute Gasteiger partial charge is 0.316 e. The molecule has 0 atom stereocenters. The first kappa shape index (κ1) is 20.5. The van der Waals surface area contributed by atoms with Crippen molar-refractivity contribution in [2.75, 3.05) is 12.4 Å². The first-order valence-electron chi connectivity index (χ1n) is 9.02. The van der Waals surface area contributed by atoms with Gasteiger partial charge in [-0.3, -0.25) is 9.59 Å². The molecule has 0 aliphatic rings. The third-order valence-corrected chi connectivity index (χ3v) is 6.89. The van der Waals surface area contributed by atoms with E-state index in [0.717, 1.165) is 38.7 Å². The summed E-state index contributed by atoms with van der Waals surface area (Å²) in [5.41, 5.74) is 3.68. The van der Waals surface area contributed by atoms with Crippen LogP contribution in [0.1, 0.15) is 39.1 Å². The van der Waals surface area contributed by atoms with E-state index in [1.807, 2.05) is 40.7 Å². The Morgan fingerprint density at radius 1 is 1.21 bits per heavy atom. The van der Waals surface area contributed by atoms with Crippen LogP contribution in [0, 0.1) is 27.7 Å². The number of ketones is 1. The van der Waals surface area contributed by atoms with Crippen LogP contribution in [-0.4, -0.2) is 38.6 Å². The zero-order valence-electron chi connectivity index (χ0n) is 16.7. The van der Waals surface area contributed by atoms with Gasteiger partial charge in [-0.05, 0) is 46.2 Å². The highest BCUT2D eigenvalue weighted by atomic mass is 32.2. The number of carbonyl (C=O) groups excluding carboxylic acids is 2. The van der Waals surface area contributed by atoms with Crippen LogP contribution in [0.5, 0.6) is 0 Å².